The Morgan fingerprint density at radius 1 is 0.821 bits per heavy atom. The minimum atomic E-state index is -1.19. The molecule has 0 spiro atoms. The van der Waals surface area contributed by atoms with Gasteiger partial charge in [-0.25, -0.2) is 0 Å². The van der Waals surface area contributed by atoms with Crippen molar-refractivity contribution < 1.29 is 13.8 Å². The molecule has 0 bridgehead atoms. The zero-order valence-corrected chi connectivity index (χ0v) is 25.1. The monoisotopic (exact) mass is 612 g/mol. The summed E-state index contributed by atoms with van der Waals surface area (Å²) in [6.45, 7) is 3.81. The van der Waals surface area contributed by atoms with Crippen LogP contribution in [-0.4, -0.2) is 65.2 Å². The first kappa shape index (κ1) is 31.9. The summed E-state index contributed by atoms with van der Waals surface area (Å²) >= 11 is 13.5. The van der Waals surface area contributed by atoms with E-state index >= 15 is 0 Å². The molecule has 2 saturated heterocycles. The van der Waals surface area contributed by atoms with Crippen LogP contribution in [0.15, 0.2) is 48.5 Å². The summed E-state index contributed by atoms with van der Waals surface area (Å²) in [5.74, 6) is 2.76. The third-order valence-electron chi connectivity index (χ3n) is 7.09. The zero-order chi connectivity index (χ0) is 28.2. The molecule has 2 heterocycles. The van der Waals surface area contributed by atoms with Crippen LogP contribution in [0, 0.1) is 11.8 Å². The van der Waals surface area contributed by atoms with Crippen LogP contribution in [0.3, 0.4) is 0 Å². The number of nitrogens with one attached hydrogen (secondary N) is 2. The maximum Gasteiger partial charge on any atom is 0.230 e. The molecule has 39 heavy (non-hydrogen) atoms. The summed E-state index contributed by atoms with van der Waals surface area (Å²) in [7, 11) is -1.19. The topological polar surface area (TPSA) is 127 Å². The van der Waals surface area contributed by atoms with Gasteiger partial charge in [0.05, 0.1) is 5.75 Å². The number of thioether (sulfide) groups is 1. The second-order valence-corrected chi connectivity index (χ2v) is 13.4. The molecule has 2 aliphatic rings. The van der Waals surface area contributed by atoms with Gasteiger partial charge in [-0.05, 0) is 104 Å². The summed E-state index contributed by atoms with van der Waals surface area (Å²) in [5.41, 5.74) is 12.8. The molecule has 2 aromatic rings. The fourth-order valence-corrected chi connectivity index (χ4v) is 7.75. The fourth-order valence-electron chi connectivity index (χ4n) is 5.26. The summed E-state index contributed by atoms with van der Waals surface area (Å²) in [6, 6.07) is 16.0. The Balaban J connectivity index is 0.000000216. The first-order valence-electron chi connectivity index (χ1n) is 13.1. The van der Waals surface area contributed by atoms with Gasteiger partial charge in [-0.3, -0.25) is 13.8 Å². The predicted molar refractivity (Wildman–Crippen MR) is 164 cm³/mol. The molecular formula is C28H38Cl2N4O3S2. The van der Waals surface area contributed by atoms with Crippen molar-refractivity contribution in [3.8, 4) is 0 Å². The Morgan fingerprint density at radius 2 is 1.31 bits per heavy atom. The third kappa shape index (κ3) is 11.1. The highest BCUT2D eigenvalue weighted by molar-refractivity contribution is 7.99. The number of hydrogen-bond acceptors (Lipinski definition) is 6. The minimum absolute atomic E-state index is 0.0517. The quantitative estimate of drug-likeness (QED) is 0.325. The number of halogens is 2. The lowest BCUT2D eigenvalue weighted by molar-refractivity contribution is -0.116. The highest BCUT2D eigenvalue weighted by atomic mass is 35.5. The molecule has 214 valence electrons. The molecule has 0 radical (unpaired) electrons. The van der Waals surface area contributed by atoms with Crippen LogP contribution in [0.1, 0.15) is 35.8 Å². The van der Waals surface area contributed by atoms with Crippen molar-refractivity contribution >= 4 is 57.6 Å². The van der Waals surface area contributed by atoms with E-state index in [1.165, 1.54) is 11.1 Å². The first-order valence-corrected chi connectivity index (χ1v) is 16.5. The van der Waals surface area contributed by atoms with Gasteiger partial charge < -0.3 is 22.1 Å². The highest BCUT2D eigenvalue weighted by Crippen LogP contribution is 2.33. The van der Waals surface area contributed by atoms with Crippen LogP contribution in [0.2, 0.25) is 10.0 Å². The van der Waals surface area contributed by atoms with Crippen molar-refractivity contribution in [3.63, 3.8) is 0 Å². The van der Waals surface area contributed by atoms with E-state index in [0.29, 0.717) is 29.3 Å². The Hall–Kier alpha value is -1.62. The number of primary amides is 2. The number of carbonyl (C=O) groups is 2. The van der Waals surface area contributed by atoms with Gasteiger partial charge in [-0.2, -0.15) is 11.8 Å². The average molecular weight is 614 g/mol. The third-order valence-corrected chi connectivity index (χ3v) is 10.2. The van der Waals surface area contributed by atoms with Crippen LogP contribution in [0.4, 0.5) is 0 Å². The zero-order valence-electron chi connectivity index (χ0n) is 22.0. The van der Waals surface area contributed by atoms with Crippen LogP contribution >= 0.6 is 35.0 Å². The molecule has 0 saturated carbocycles. The van der Waals surface area contributed by atoms with E-state index < -0.39 is 16.7 Å². The van der Waals surface area contributed by atoms with Gasteiger partial charge in [0.2, 0.25) is 11.8 Å². The van der Waals surface area contributed by atoms with E-state index in [1.807, 2.05) is 36.4 Å². The van der Waals surface area contributed by atoms with Gasteiger partial charge in [0, 0.05) is 26.6 Å². The van der Waals surface area contributed by atoms with Gasteiger partial charge in [0.15, 0.2) is 0 Å². The lowest BCUT2D eigenvalue weighted by Crippen LogP contribution is -2.39. The lowest BCUT2D eigenvalue weighted by Gasteiger charge is -2.32. The Bertz CT molecular complexity index is 1090. The van der Waals surface area contributed by atoms with E-state index in [1.54, 1.807) is 11.8 Å². The first-order chi connectivity index (χ1) is 18.7. The Labute approximate surface area is 248 Å². The predicted octanol–water partition coefficient (Wildman–Crippen LogP) is 3.52. The van der Waals surface area contributed by atoms with Gasteiger partial charge in [-0.1, -0.05) is 47.5 Å². The number of hydrogen-bond donors (Lipinski definition) is 4. The van der Waals surface area contributed by atoms with Crippen molar-refractivity contribution in [3.05, 3.63) is 69.7 Å². The van der Waals surface area contributed by atoms with Gasteiger partial charge >= 0.3 is 0 Å². The summed E-state index contributed by atoms with van der Waals surface area (Å²) < 4.78 is 11.9. The van der Waals surface area contributed by atoms with Gasteiger partial charge in [0.1, 0.15) is 5.75 Å². The van der Waals surface area contributed by atoms with Gasteiger partial charge in [-0.15, -0.1) is 0 Å². The molecule has 6 N–H and O–H groups in total. The van der Waals surface area contributed by atoms with Crippen molar-refractivity contribution in [2.75, 3.05) is 49.2 Å². The minimum Gasteiger partial charge on any atom is -0.369 e. The molecule has 0 aromatic heterocycles. The van der Waals surface area contributed by atoms with E-state index in [4.69, 9.17) is 34.7 Å². The fraction of sp³-hybridized carbons (Fsp3) is 0.500. The van der Waals surface area contributed by atoms with Crippen LogP contribution in [0.5, 0.6) is 0 Å². The van der Waals surface area contributed by atoms with Crippen LogP contribution < -0.4 is 22.1 Å². The summed E-state index contributed by atoms with van der Waals surface area (Å²) in [6.07, 6.45) is 2.13. The number of carbonyl (C=O) groups excluding carboxylic acids is 2. The second-order valence-electron chi connectivity index (χ2n) is 10.0. The lowest BCUT2D eigenvalue weighted by atomic mass is 9.82. The molecule has 1 unspecified atom stereocenters. The largest absolute Gasteiger partial charge is 0.369 e. The second kappa shape index (κ2) is 16.6. The number of amides is 2. The molecule has 7 nitrogen and oxygen atoms in total. The van der Waals surface area contributed by atoms with Crippen molar-refractivity contribution in [2.24, 2.45) is 23.3 Å². The van der Waals surface area contributed by atoms with E-state index in [-0.39, 0.29) is 17.6 Å². The molecule has 5 atom stereocenters. The smallest absolute Gasteiger partial charge is 0.230 e. The number of rotatable bonds is 10. The Kier molecular flexibility index (Phi) is 13.6. The molecular weight excluding hydrogens is 575 g/mol. The molecule has 11 heteroatoms. The van der Waals surface area contributed by atoms with E-state index in [2.05, 4.69) is 22.8 Å². The van der Waals surface area contributed by atoms with Crippen molar-refractivity contribution in [1.29, 1.82) is 0 Å². The highest BCUT2D eigenvalue weighted by Gasteiger charge is 2.28. The number of nitrogens with two attached hydrogens (primary N) is 2. The normalized spacial score (nSPS) is 23.7. The van der Waals surface area contributed by atoms with Crippen molar-refractivity contribution in [1.82, 2.24) is 10.6 Å². The van der Waals surface area contributed by atoms with Crippen molar-refractivity contribution in [2.45, 2.75) is 24.7 Å². The van der Waals surface area contributed by atoms with Crippen LogP contribution in [-0.2, 0) is 20.4 Å². The number of benzene rings is 2. The number of piperidine rings is 2. The van der Waals surface area contributed by atoms with Crippen LogP contribution in [0.25, 0.3) is 0 Å². The molecule has 2 aliphatic heterocycles. The SMILES string of the molecule is NC(=O)CS(=O)C[C@H]1CNCC[C@@H]1c1ccc(Cl)cc1.NC(=O)CSC[C@H]1CNCC[C@@H]1c1ccc(Cl)cc1. The van der Waals surface area contributed by atoms with E-state index in [0.717, 1.165) is 54.8 Å². The summed E-state index contributed by atoms with van der Waals surface area (Å²) in [4.78, 5) is 21.6. The Morgan fingerprint density at radius 3 is 1.79 bits per heavy atom. The average Bonchev–Trinajstić information content (AvgIpc) is 2.90. The van der Waals surface area contributed by atoms with Gasteiger partial charge in [0.25, 0.3) is 0 Å². The maximum atomic E-state index is 11.9. The molecule has 4 rings (SSSR count). The standard InChI is InChI=1S/C14H19ClN2O2S.C14H19ClN2OS/c15-12-3-1-10(2-4-12)13-5-6-17-7-11(13)8-20(19)9-14(16)18;15-12-3-1-10(2-4-12)13-5-6-17-7-11(13)8-19-9-14(16)18/h1-4,11,13,17H,5-9H2,(H2,16,18);1-4,11,13,17H,5-9H2,(H2,16,18)/t11-,13-,20?;11-,13-/m11/s1. The molecule has 2 amide bonds. The van der Waals surface area contributed by atoms with E-state index in [9.17, 15) is 13.8 Å². The molecule has 2 aromatic carbocycles. The molecule has 0 aliphatic carbocycles. The molecule has 2 fully saturated rings. The summed E-state index contributed by atoms with van der Waals surface area (Å²) in [5, 5.41) is 8.25. The maximum absolute atomic E-state index is 11.9.